The Morgan fingerprint density at radius 3 is 2.12 bits per heavy atom. The second-order valence-electron chi connectivity index (χ2n) is 21.5. The molecule has 6 heterocycles. The SMILES string of the molecule is CCCCCCCC[N+]1=C(/C=C2\C(=O)C(=O)C(/C=c3/[nH]c4cccc5cccc3c54)=C2[O-])c2cccc3c(-c4cc(OCCCCCC)c(-c5cc6c(s5)c5sc(CCCCCC)cc5n6CCCCCC)s4)ccc1c23. The number of rotatable bonds is 27. The number of Topliss-reactive ketones (excluding diaryl/α,β-unsaturated/α-hetero) is 2. The molecule has 0 amide bonds. The number of aromatic nitrogens is 2. The molecule has 0 atom stereocenters. The normalized spacial score (nSPS) is 14.7. The molecule has 77 heavy (non-hydrogen) atoms. The summed E-state index contributed by atoms with van der Waals surface area (Å²) in [5.41, 5.74) is 7.44. The van der Waals surface area contributed by atoms with Crippen molar-refractivity contribution >= 4 is 116 Å². The number of ketones is 2. The van der Waals surface area contributed by atoms with Gasteiger partial charge in [0.05, 0.1) is 47.7 Å². The molecule has 2 aliphatic rings. The zero-order valence-electron chi connectivity index (χ0n) is 45.5. The van der Waals surface area contributed by atoms with Crippen molar-refractivity contribution < 1.29 is 24.0 Å². The monoisotopic (exact) mass is 1080 g/mol. The van der Waals surface area contributed by atoms with Crippen LogP contribution in [0.2, 0.25) is 0 Å². The van der Waals surface area contributed by atoms with E-state index in [0.717, 1.165) is 117 Å². The molecule has 0 saturated carbocycles. The predicted octanol–water partition coefficient (Wildman–Crippen LogP) is 17.5. The first-order chi connectivity index (χ1) is 37.8. The Bertz CT molecular complexity index is 3800. The fraction of sp³-hybridized carbons (Fsp3) is 0.388. The topological polar surface area (TPSA) is 90.2 Å². The van der Waals surface area contributed by atoms with Crippen LogP contribution >= 0.6 is 34.0 Å². The van der Waals surface area contributed by atoms with Gasteiger partial charge in [-0.2, -0.15) is 4.58 Å². The number of aromatic amines is 1. The minimum Gasteiger partial charge on any atom is -0.871 e. The number of thiophene rings is 3. The highest BCUT2D eigenvalue weighted by Crippen LogP contribution is 2.52. The standard InChI is InChI=1S/C67H73N3O4S3/c1-5-9-13-17-18-21-35-69-53-34-33-45(46-29-25-31-48(61(46)53)54(69)40-50-62(71)49(63(72)64(50)73)39-52-47-30-23-26-43-27-24-32-51(68-52)60(43)47)58-42-57(74-37-22-16-12-8-4)67(76-58)59-41-56-66(77-59)65-55(70(56)36-20-15-11-7-3)38-44(75-65)28-19-14-10-6-2/h23-27,29-34,38-42H,5-22,28,35-37H2,1-4H3,(H,71,73). The van der Waals surface area contributed by atoms with Crippen LogP contribution in [0.4, 0.5) is 5.69 Å². The van der Waals surface area contributed by atoms with Crippen molar-refractivity contribution in [3.8, 4) is 25.9 Å². The molecule has 1 aliphatic carbocycles. The van der Waals surface area contributed by atoms with E-state index < -0.39 is 17.3 Å². The van der Waals surface area contributed by atoms with E-state index in [1.165, 1.54) is 119 Å². The van der Waals surface area contributed by atoms with Crippen LogP contribution in [-0.2, 0) is 22.6 Å². The van der Waals surface area contributed by atoms with Gasteiger partial charge < -0.3 is 19.4 Å². The summed E-state index contributed by atoms with van der Waals surface area (Å²) >= 11 is 5.76. The van der Waals surface area contributed by atoms with Crippen molar-refractivity contribution in [2.45, 2.75) is 156 Å². The van der Waals surface area contributed by atoms with Crippen molar-refractivity contribution in [3.05, 3.63) is 124 Å². The molecule has 7 nitrogen and oxygen atoms in total. The van der Waals surface area contributed by atoms with Crippen LogP contribution < -0.4 is 15.2 Å². The minimum atomic E-state index is -0.760. The van der Waals surface area contributed by atoms with Gasteiger partial charge in [-0.1, -0.05) is 159 Å². The van der Waals surface area contributed by atoms with E-state index in [1.807, 2.05) is 58.3 Å². The van der Waals surface area contributed by atoms with E-state index in [9.17, 15) is 14.7 Å². The number of ether oxygens (including phenoxy) is 1. The van der Waals surface area contributed by atoms with Gasteiger partial charge in [0.25, 0.3) is 0 Å². The molecule has 0 unspecified atom stereocenters. The molecule has 0 spiro atoms. The van der Waals surface area contributed by atoms with Gasteiger partial charge in [0.2, 0.25) is 23.0 Å². The largest absolute Gasteiger partial charge is 0.871 e. The van der Waals surface area contributed by atoms with Crippen LogP contribution in [0, 0.1) is 0 Å². The molecule has 10 heteroatoms. The van der Waals surface area contributed by atoms with Gasteiger partial charge in [0.15, 0.2) is 0 Å². The Morgan fingerprint density at radius 1 is 0.623 bits per heavy atom. The number of hydrogen-bond acceptors (Lipinski definition) is 7. The van der Waals surface area contributed by atoms with Gasteiger partial charge in [0, 0.05) is 73.2 Å². The highest BCUT2D eigenvalue weighted by atomic mass is 32.1. The Kier molecular flexibility index (Phi) is 16.4. The van der Waals surface area contributed by atoms with Crippen molar-refractivity contribution in [2.24, 2.45) is 0 Å². The molecule has 398 valence electrons. The van der Waals surface area contributed by atoms with Crippen LogP contribution in [0.3, 0.4) is 0 Å². The van der Waals surface area contributed by atoms with E-state index in [2.05, 4.69) is 102 Å². The van der Waals surface area contributed by atoms with Crippen LogP contribution in [0.25, 0.3) is 79.2 Å². The third-order valence-electron chi connectivity index (χ3n) is 16.0. The summed E-state index contributed by atoms with van der Waals surface area (Å²) in [7, 11) is 0. The Morgan fingerprint density at radius 2 is 1.31 bits per heavy atom. The first kappa shape index (κ1) is 53.0. The van der Waals surface area contributed by atoms with Crippen molar-refractivity contribution in [2.75, 3.05) is 13.2 Å². The highest BCUT2D eigenvalue weighted by molar-refractivity contribution is 7.31. The number of fused-ring (bicyclic) bond motifs is 3. The minimum absolute atomic E-state index is 0.0765. The Balaban J connectivity index is 0.993. The number of carbonyl (C=O) groups is 2. The molecule has 0 bridgehead atoms. The van der Waals surface area contributed by atoms with Crippen LogP contribution in [0.15, 0.2) is 108 Å². The first-order valence-electron chi connectivity index (χ1n) is 29.1. The van der Waals surface area contributed by atoms with Gasteiger partial charge in [0.1, 0.15) is 12.3 Å². The molecule has 11 rings (SSSR count). The summed E-state index contributed by atoms with van der Waals surface area (Å²) < 4.78 is 14.6. The molecule has 1 aliphatic heterocycles. The van der Waals surface area contributed by atoms with Crippen molar-refractivity contribution in [1.29, 1.82) is 0 Å². The summed E-state index contributed by atoms with van der Waals surface area (Å²) in [5.74, 6) is -1.10. The number of allylic oxidation sites excluding steroid dienone is 3. The van der Waals surface area contributed by atoms with Crippen LogP contribution in [0.5, 0.6) is 5.75 Å². The van der Waals surface area contributed by atoms with Crippen LogP contribution in [0.1, 0.15) is 154 Å². The number of hydrogen-bond donors (Lipinski definition) is 1. The maximum Gasteiger partial charge on any atom is 0.233 e. The fourth-order valence-corrected chi connectivity index (χ4v) is 15.7. The molecule has 1 N–H and O–H groups in total. The summed E-state index contributed by atoms with van der Waals surface area (Å²) in [4.78, 5) is 36.5. The van der Waals surface area contributed by atoms with Gasteiger partial charge in [-0.3, -0.25) is 9.59 Å². The summed E-state index contributed by atoms with van der Waals surface area (Å²) in [6, 6.07) is 30.2. The molecular weight excluding hydrogens is 1010 g/mol. The molecule has 0 radical (unpaired) electrons. The number of unbranched alkanes of at least 4 members (excludes halogenated alkanes) is 14. The highest BCUT2D eigenvalue weighted by Gasteiger charge is 2.36. The molecule has 0 fully saturated rings. The zero-order valence-corrected chi connectivity index (χ0v) is 48.0. The van der Waals surface area contributed by atoms with E-state index in [-0.39, 0.29) is 11.1 Å². The second-order valence-corrected chi connectivity index (χ2v) is 24.7. The number of benzene rings is 4. The number of nitrogens with one attached hydrogen (secondary N) is 1. The lowest BCUT2D eigenvalue weighted by atomic mass is 9.96. The molecule has 5 aromatic heterocycles. The maximum absolute atomic E-state index is 14.5. The fourth-order valence-electron chi connectivity index (χ4n) is 12.0. The molecular formula is C67H73N3O4S3. The van der Waals surface area contributed by atoms with E-state index >= 15 is 0 Å². The Labute approximate surface area is 465 Å². The zero-order chi connectivity index (χ0) is 53.0. The summed E-state index contributed by atoms with van der Waals surface area (Å²) in [6.45, 7) is 11.5. The smallest absolute Gasteiger partial charge is 0.233 e. The van der Waals surface area contributed by atoms with E-state index in [4.69, 9.17) is 4.74 Å². The van der Waals surface area contributed by atoms with E-state index in [0.29, 0.717) is 12.0 Å². The third-order valence-corrected chi connectivity index (χ3v) is 19.9. The van der Waals surface area contributed by atoms with Gasteiger partial charge in [-0.15, -0.1) is 34.0 Å². The van der Waals surface area contributed by atoms with Gasteiger partial charge in [-0.25, -0.2) is 0 Å². The number of nitrogens with zero attached hydrogens (tertiary/aromatic N) is 2. The molecule has 4 aromatic carbocycles. The van der Waals surface area contributed by atoms with Crippen LogP contribution in [-0.4, -0.2) is 44.6 Å². The quantitative estimate of drug-likeness (QED) is 0.0240. The molecule has 0 saturated heterocycles. The lowest BCUT2D eigenvalue weighted by Crippen LogP contribution is -2.17. The number of aryl methyl sites for hydroxylation is 2. The average Bonchev–Trinajstić information content (AvgIpc) is 4.36. The summed E-state index contributed by atoms with van der Waals surface area (Å²) in [5, 5.41) is 20.4. The van der Waals surface area contributed by atoms with Crippen molar-refractivity contribution in [1.82, 2.24) is 9.55 Å². The van der Waals surface area contributed by atoms with E-state index in [1.54, 1.807) is 12.2 Å². The van der Waals surface area contributed by atoms with Gasteiger partial charge in [-0.05, 0) is 85.4 Å². The second kappa shape index (κ2) is 23.9. The molecule has 9 aromatic rings. The lowest BCUT2D eigenvalue weighted by Gasteiger charge is -2.09. The lowest BCUT2D eigenvalue weighted by molar-refractivity contribution is -0.436. The Hall–Kier alpha value is -6.07. The average molecular weight is 1080 g/mol. The maximum atomic E-state index is 14.5. The van der Waals surface area contributed by atoms with Crippen molar-refractivity contribution in [3.63, 3.8) is 0 Å². The third kappa shape index (κ3) is 10.4. The predicted molar refractivity (Wildman–Crippen MR) is 326 cm³/mol. The number of H-pyrrole nitrogens is 1. The van der Waals surface area contributed by atoms with Gasteiger partial charge >= 0.3 is 0 Å². The first-order valence-corrected chi connectivity index (χ1v) is 31.5. The number of carbonyl (C=O) groups excluding carboxylic acids is 2. The summed E-state index contributed by atoms with van der Waals surface area (Å²) in [6.07, 6.45) is 25.8.